The molecule has 12 heteroatoms. The van der Waals surface area contributed by atoms with Crippen LogP contribution in [0.5, 0.6) is 11.8 Å². The predicted molar refractivity (Wildman–Crippen MR) is 77.3 cm³/mol. The van der Waals surface area contributed by atoms with Crippen molar-refractivity contribution in [1.29, 1.82) is 0 Å². The Morgan fingerprint density at radius 2 is 1.52 bits per heavy atom. The van der Waals surface area contributed by atoms with Crippen LogP contribution in [0.25, 0.3) is 0 Å². The molecule has 2 N–H and O–H groups in total. The zero-order chi connectivity index (χ0) is 18.7. The molecule has 0 fully saturated rings. The number of nitro groups is 1. The molecule has 0 aliphatic rings. The van der Waals surface area contributed by atoms with Gasteiger partial charge in [0.25, 0.3) is 11.6 Å². The van der Waals surface area contributed by atoms with Gasteiger partial charge in [0.2, 0.25) is 11.8 Å². The molecule has 2 aromatic rings. The van der Waals surface area contributed by atoms with Crippen molar-refractivity contribution >= 4 is 17.6 Å². The molecule has 12 nitrogen and oxygen atoms in total. The lowest BCUT2D eigenvalue weighted by atomic mass is 9.98. The molecule has 0 saturated heterocycles. The SMILES string of the molecule is O=C(O[N+](=O)[O-])C(C(=O)n1c(O)ccc1O)c1ccc([N+](=O)[O-])cc1. The fraction of sp³-hybridized carbons (Fsp3) is 0.0769. The standard InChI is InChI=1S/C13H9N3O9/c17-9-5-6-10(18)14(9)12(19)11(13(20)25-16(23)24)7-1-3-8(4-2-7)15(21)22/h1-6,11,17-18H. The average molecular weight is 351 g/mol. The van der Waals surface area contributed by atoms with Crippen LogP contribution in [0.3, 0.4) is 0 Å². The maximum Gasteiger partial charge on any atom is 0.320 e. The van der Waals surface area contributed by atoms with E-state index in [1.165, 1.54) is 0 Å². The lowest BCUT2D eigenvalue weighted by Crippen LogP contribution is -2.29. The Morgan fingerprint density at radius 3 is 1.96 bits per heavy atom. The van der Waals surface area contributed by atoms with E-state index in [9.17, 15) is 40.0 Å². The van der Waals surface area contributed by atoms with Crippen molar-refractivity contribution in [2.75, 3.05) is 0 Å². The van der Waals surface area contributed by atoms with E-state index in [0.29, 0.717) is 4.57 Å². The Morgan fingerprint density at radius 1 is 1.00 bits per heavy atom. The van der Waals surface area contributed by atoms with E-state index >= 15 is 0 Å². The fourth-order valence-corrected chi connectivity index (χ4v) is 2.06. The number of hydrogen-bond acceptors (Lipinski definition) is 9. The normalized spacial score (nSPS) is 11.5. The number of non-ortho nitro benzene ring substituents is 1. The summed E-state index contributed by atoms with van der Waals surface area (Å²) in [5, 5.41) is 38.8. The van der Waals surface area contributed by atoms with Gasteiger partial charge in [-0.05, 0) is 5.56 Å². The van der Waals surface area contributed by atoms with Gasteiger partial charge in [-0.15, -0.1) is 10.1 Å². The first-order chi connectivity index (χ1) is 11.7. The van der Waals surface area contributed by atoms with E-state index < -0.39 is 39.6 Å². The molecule has 0 spiro atoms. The van der Waals surface area contributed by atoms with Crippen molar-refractivity contribution in [3.8, 4) is 11.8 Å². The molecule has 2 rings (SSSR count). The monoisotopic (exact) mass is 351 g/mol. The molecule has 0 radical (unpaired) electrons. The minimum Gasteiger partial charge on any atom is -0.494 e. The zero-order valence-corrected chi connectivity index (χ0v) is 12.1. The first-order valence-electron chi connectivity index (χ1n) is 6.46. The minimum absolute atomic E-state index is 0.171. The molecule has 130 valence electrons. The van der Waals surface area contributed by atoms with Gasteiger partial charge in [0.05, 0.1) is 4.92 Å². The van der Waals surface area contributed by atoms with Crippen LogP contribution in [0.1, 0.15) is 16.3 Å². The Balaban J connectivity index is 2.49. The second kappa shape index (κ2) is 6.66. The summed E-state index contributed by atoms with van der Waals surface area (Å²) in [7, 11) is 0. The second-order valence-electron chi connectivity index (χ2n) is 4.64. The van der Waals surface area contributed by atoms with E-state index in [2.05, 4.69) is 4.84 Å². The van der Waals surface area contributed by atoms with Crippen molar-refractivity contribution in [2.45, 2.75) is 5.92 Å². The van der Waals surface area contributed by atoms with Gasteiger partial charge in [0, 0.05) is 24.3 Å². The number of nitrogens with zero attached hydrogens (tertiary/aromatic N) is 3. The Bertz CT molecular complexity index is 837. The van der Waals surface area contributed by atoms with Gasteiger partial charge in [-0.1, -0.05) is 12.1 Å². The van der Waals surface area contributed by atoms with Crippen LogP contribution in [-0.4, -0.2) is 36.7 Å². The van der Waals surface area contributed by atoms with Gasteiger partial charge in [-0.3, -0.25) is 19.7 Å². The predicted octanol–water partition coefficient (Wildman–Crippen LogP) is 0.966. The molecular weight excluding hydrogens is 342 g/mol. The Labute approximate surface area is 137 Å². The van der Waals surface area contributed by atoms with Crippen molar-refractivity contribution in [3.05, 3.63) is 62.2 Å². The molecule has 0 aliphatic carbocycles. The van der Waals surface area contributed by atoms with Gasteiger partial charge in [0.15, 0.2) is 0 Å². The van der Waals surface area contributed by atoms with E-state index in [-0.39, 0.29) is 11.3 Å². The molecule has 0 amide bonds. The van der Waals surface area contributed by atoms with Crippen LogP contribution < -0.4 is 0 Å². The lowest BCUT2D eigenvalue weighted by Gasteiger charge is -2.15. The first kappa shape index (κ1) is 17.4. The van der Waals surface area contributed by atoms with Crippen molar-refractivity contribution in [1.82, 2.24) is 4.57 Å². The number of aromatic nitrogens is 1. The lowest BCUT2D eigenvalue weighted by molar-refractivity contribution is -0.729. The Hall–Kier alpha value is -3.96. The third-order valence-electron chi connectivity index (χ3n) is 3.14. The van der Waals surface area contributed by atoms with E-state index in [0.717, 1.165) is 36.4 Å². The number of carbonyl (C=O) groups is 2. The highest BCUT2D eigenvalue weighted by Gasteiger charge is 2.34. The average Bonchev–Trinajstić information content (AvgIpc) is 2.86. The third-order valence-corrected chi connectivity index (χ3v) is 3.14. The summed E-state index contributed by atoms with van der Waals surface area (Å²) in [6, 6.07) is 5.92. The zero-order valence-electron chi connectivity index (χ0n) is 12.1. The summed E-state index contributed by atoms with van der Waals surface area (Å²) in [4.78, 5) is 48.5. The van der Waals surface area contributed by atoms with Crippen LogP contribution >= 0.6 is 0 Å². The van der Waals surface area contributed by atoms with Crippen LogP contribution in [0.15, 0.2) is 36.4 Å². The van der Waals surface area contributed by atoms with Crippen LogP contribution in [0.4, 0.5) is 5.69 Å². The maximum atomic E-state index is 12.5. The number of aromatic hydroxyl groups is 2. The number of rotatable bonds is 5. The van der Waals surface area contributed by atoms with Crippen LogP contribution in [0, 0.1) is 20.2 Å². The van der Waals surface area contributed by atoms with Gasteiger partial charge in [-0.2, -0.15) is 0 Å². The highest BCUT2D eigenvalue weighted by atomic mass is 17.0. The highest BCUT2D eigenvalue weighted by Crippen LogP contribution is 2.28. The summed E-state index contributed by atoms with van der Waals surface area (Å²) >= 11 is 0. The molecule has 1 atom stereocenters. The van der Waals surface area contributed by atoms with Crippen molar-refractivity contribution < 1.29 is 34.6 Å². The van der Waals surface area contributed by atoms with E-state index in [1.54, 1.807) is 0 Å². The van der Waals surface area contributed by atoms with E-state index in [4.69, 9.17) is 0 Å². The maximum absolute atomic E-state index is 12.5. The number of hydrogen-bond donors (Lipinski definition) is 2. The van der Waals surface area contributed by atoms with Crippen LogP contribution in [-0.2, 0) is 9.63 Å². The summed E-state index contributed by atoms with van der Waals surface area (Å²) < 4.78 is 0.341. The first-order valence-corrected chi connectivity index (χ1v) is 6.46. The molecular formula is C13H9N3O9. The molecule has 1 aromatic carbocycles. The molecule has 0 bridgehead atoms. The summed E-state index contributed by atoms with van der Waals surface area (Å²) in [5.74, 6) is -6.24. The number of carbonyl (C=O) groups excluding carboxylic acids is 2. The quantitative estimate of drug-likeness (QED) is 0.451. The Kier molecular flexibility index (Phi) is 4.63. The molecule has 1 aromatic heterocycles. The van der Waals surface area contributed by atoms with E-state index in [1.807, 2.05) is 0 Å². The fourth-order valence-electron chi connectivity index (χ4n) is 2.06. The van der Waals surface area contributed by atoms with Gasteiger partial charge in [-0.25, -0.2) is 9.40 Å². The second-order valence-corrected chi connectivity index (χ2v) is 4.64. The van der Waals surface area contributed by atoms with Crippen molar-refractivity contribution in [2.24, 2.45) is 0 Å². The van der Waals surface area contributed by atoms with Gasteiger partial charge >= 0.3 is 11.1 Å². The minimum atomic E-state index is -1.95. The number of nitro benzene ring substituents is 1. The summed E-state index contributed by atoms with van der Waals surface area (Å²) in [6.45, 7) is 0. The van der Waals surface area contributed by atoms with Crippen LogP contribution in [0.2, 0.25) is 0 Å². The third kappa shape index (κ3) is 3.52. The molecule has 0 saturated carbocycles. The van der Waals surface area contributed by atoms with Crippen molar-refractivity contribution in [3.63, 3.8) is 0 Å². The van der Waals surface area contributed by atoms with Gasteiger partial charge in [0.1, 0.15) is 5.92 Å². The smallest absolute Gasteiger partial charge is 0.320 e. The number of benzene rings is 1. The molecule has 1 unspecified atom stereocenters. The molecule has 25 heavy (non-hydrogen) atoms. The summed E-state index contributed by atoms with van der Waals surface area (Å²) in [6.07, 6.45) is 0. The molecule has 1 heterocycles. The topological polar surface area (TPSA) is 175 Å². The molecule has 0 aliphatic heterocycles. The highest BCUT2D eigenvalue weighted by molar-refractivity contribution is 6.05. The largest absolute Gasteiger partial charge is 0.494 e. The van der Waals surface area contributed by atoms with Gasteiger partial charge < -0.3 is 10.2 Å². The summed E-state index contributed by atoms with van der Waals surface area (Å²) in [5.41, 5.74) is -0.515.